The standard InChI is InChI=1S/C21H35NO3/c1-15(2)19(25-20(23)22-6-4-3-5-7-22)24-14-21-11-16-8-17(12-21)10-18(9-16)13-21/h15-19H,3-14H2,1-2H3. The number of rotatable bonds is 5. The first-order chi connectivity index (χ1) is 12.0. The van der Waals surface area contributed by atoms with Crippen molar-refractivity contribution in [2.75, 3.05) is 19.7 Å². The van der Waals surface area contributed by atoms with Crippen molar-refractivity contribution in [1.82, 2.24) is 4.90 Å². The average molecular weight is 350 g/mol. The van der Waals surface area contributed by atoms with Crippen LogP contribution in [0.2, 0.25) is 0 Å². The molecule has 5 aliphatic rings. The van der Waals surface area contributed by atoms with E-state index in [9.17, 15) is 4.79 Å². The Labute approximate surface area is 152 Å². The van der Waals surface area contributed by atoms with Crippen molar-refractivity contribution >= 4 is 6.09 Å². The second-order valence-corrected chi connectivity index (χ2v) is 9.77. The van der Waals surface area contributed by atoms with Gasteiger partial charge in [0.1, 0.15) is 0 Å². The van der Waals surface area contributed by atoms with Crippen LogP contribution in [0.3, 0.4) is 0 Å². The van der Waals surface area contributed by atoms with Gasteiger partial charge in [-0.1, -0.05) is 13.8 Å². The van der Waals surface area contributed by atoms with Gasteiger partial charge >= 0.3 is 6.09 Å². The van der Waals surface area contributed by atoms with Crippen LogP contribution in [0, 0.1) is 29.1 Å². The summed E-state index contributed by atoms with van der Waals surface area (Å²) in [5.74, 6) is 3.00. The van der Waals surface area contributed by atoms with Crippen molar-refractivity contribution in [3.05, 3.63) is 0 Å². The summed E-state index contributed by atoms with van der Waals surface area (Å²) in [5.41, 5.74) is 0.374. The van der Waals surface area contributed by atoms with E-state index < -0.39 is 6.29 Å². The van der Waals surface area contributed by atoms with Crippen molar-refractivity contribution in [3.63, 3.8) is 0 Å². The molecule has 4 bridgehead atoms. The van der Waals surface area contributed by atoms with Gasteiger partial charge in [-0.3, -0.25) is 0 Å². The highest BCUT2D eigenvalue weighted by Crippen LogP contribution is 2.60. The number of nitrogens with zero attached hydrogens (tertiary/aromatic N) is 1. The molecule has 142 valence electrons. The van der Waals surface area contributed by atoms with Gasteiger partial charge in [0.05, 0.1) is 6.61 Å². The van der Waals surface area contributed by atoms with Crippen molar-refractivity contribution in [2.45, 2.75) is 77.9 Å². The normalized spacial score (nSPS) is 38.2. The van der Waals surface area contributed by atoms with Crippen molar-refractivity contribution < 1.29 is 14.3 Å². The van der Waals surface area contributed by atoms with Gasteiger partial charge in [-0.25, -0.2) is 4.79 Å². The predicted molar refractivity (Wildman–Crippen MR) is 97.1 cm³/mol. The van der Waals surface area contributed by atoms with Crippen LogP contribution in [0.1, 0.15) is 71.6 Å². The molecule has 1 heterocycles. The molecule has 1 saturated heterocycles. The SMILES string of the molecule is CC(C)C(OCC12CC3CC(CC(C3)C1)C2)OC(=O)N1CCCCC1. The molecule has 0 radical (unpaired) electrons. The molecule has 0 aromatic rings. The maximum absolute atomic E-state index is 12.5. The third kappa shape index (κ3) is 3.84. The summed E-state index contributed by atoms with van der Waals surface area (Å²) >= 11 is 0. The smallest absolute Gasteiger partial charge is 0.412 e. The molecule has 1 aliphatic heterocycles. The molecule has 4 heteroatoms. The Kier molecular flexibility index (Phi) is 5.00. The number of carbonyl (C=O) groups is 1. The van der Waals surface area contributed by atoms with Crippen LogP contribution in [-0.4, -0.2) is 37.0 Å². The fraction of sp³-hybridized carbons (Fsp3) is 0.952. The van der Waals surface area contributed by atoms with Crippen molar-refractivity contribution in [1.29, 1.82) is 0 Å². The molecular formula is C21H35NO3. The number of ether oxygens (including phenoxy) is 2. The predicted octanol–water partition coefficient (Wildman–Crippen LogP) is 4.82. The number of carbonyl (C=O) groups excluding carboxylic acids is 1. The Hall–Kier alpha value is -0.770. The molecule has 1 amide bonds. The van der Waals surface area contributed by atoms with Crippen LogP contribution in [0.25, 0.3) is 0 Å². The Bertz CT molecular complexity index is 448. The molecule has 1 atom stereocenters. The first-order valence-corrected chi connectivity index (χ1v) is 10.6. The summed E-state index contributed by atoms with van der Waals surface area (Å²) in [4.78, 5) is 14.3. The molecule has 0 N–H and O–H groups in total. The number of amides is 1. The summed E-state index contributed by atoms with van der Waals surface area (Å²) in [7, 11) is 0. The highest BCUT2D eigenvalue weighted by molar-refractivity contribution is 5.67. The molecule has 0 aromatic heterocycles. The zero-order valence-corrected chi connectivity index (χ0v) is 16.0. The zero-order chi connectivity index (χ0) is 17.4. The third-order valence-electron chi connectivity index (χ3n) is 7.09. The van der Waals surface area contributed by atoms with E-state index in [-0.39, 0.29) is 12.0 Å². The molecule has 0 spiro atoms. The topological polar surface area (TPSA) is 38.8 Å². The number of hydrogen-bond donors (Lipinski definition) is 0. The lowest BCUT2D eigenvalue weighted by Gasteiger charge is -2.56. The molecular weight excluding hydrogens is 314 g/mol. The largest absolute Gasteiger partial charge is 0.419 e. The lowest BCUT2D eigenvalue weighted by Crippen LogP contribution is -2.49. The monoisotopic (exact) mass is 349 g/mol. The van der Waals surface area contributed by atoms with Crippen LogP contribution >= 0.6 is 0 Å². The Morgan fingerprint density at radius 2 is 1.56 bits per heavy atom. The fourth-order valence-corrected chi connectivity index (χ4v) is 6.34. The van der Waals surface area contributed by atoms with Crippen molar-refractivity contribution in [2.24, 2.45) is 29.1 Å². The highest BCUT2D eigenvalue weighted by Gasteiger charge is 2.51. The first kappa shape index (κ1) is 17.6. The molecule has 4 saturated carbocycles. The summed E-state index contributed by atoms with van der Waals surface area (Å²) in [6.45, 7) is 6.63. The van der Waals surface area contributed by atoms with Gasteiger partial charge in [0, 0.05) is 19.0 Å². The Morgan fingerprint density at radius 1 is 1.00 bits per heavy atom. The average Bonchev–Trinajstić information content (AvgIpc) is 2.57. The maximum atomic E-state index is 12.5. The zero-order valence-electron chi connectivity index (χ0n) is 16.0. The lowest BCUT2D eigenvalue weighted by molar-refractivity contribution is -0.182. The van der Waals surface area contributed by atoms with E-state index in [1.54, 1.807) is 0 Å². The van der Waals surface area contributed by atoms with Gasteiger partial charge in [0.25, 0.3) is 0 Å². The minimum atomic E-state index is -0.401. The fourth-order valence-electron chi connectivity index (χ4n) is 6.34. The van der Waals surface area contributed by atoms with Gasteiger partial charge < -0.3 is 14.4 Å². The summed E-state index contributed by atoms with van der Waals surface area (Å²) in [6.07, 6.45) is 11.2. The van der Waals surface area contributed by atoms with E-state index in [1.165, 1.54) is 44.9 Å². The van der Waals surface area contributed by atoms with Crippen LogP contribution in [0.4, 0.5) is 4.79 Å². The summed E-state index contributed by atoms with van der Waals surface area (Å²) in [5, 5.41) is 0. The van der Waals surface area contributed by atoms with Gasteiger partial charge in [-0.2, -0.15) is 0 Å². The Morgan fingerprint density at radius 3 is 2.08 bits per heavy atom. The van der Waals surface area contributed by atoms with Crippen LogP contribution in [-0.2, 0) is 9.47 Å². The first-order valence-electron chi connectivity index (χ1n) is 10.6. The summed E-state index contributed by atoms with van der Waals surface area (Å²) in [6, 6.07) is 0. The van der Waals surface area contributed by atoms with Crippen LogP contribution < -0.4 is 0 Å². The van der Waals surface area contributed by atoms with E-state index in [1.807, 2.05) is 4.90 Å². The summed E-state index contributed by atoms with van der Waals surface area (Å²) < 4.78 is 12.1. The molecule has 1 unspecified atom stereocenters. The van der Waals surface area contributed by atoms with E-state index in [0.29, 0.717) is 5.41 Å². The lowest BCUT2D eigenvalue weighted by atomic mass is 9.50. The second-order valence-electron chi connectivity index (χ2n) is 9.77. The van der Waals surface area contributed by atoms with Gasteiger partial charge in [-0.15, -0.1) is 0 Å². The molecule has 0 aromatic carbocycles. The minimum Gasteiger partial charge on any atom is -0.419 e. The molecule has 4 aliphatic carbocycles. The molecule has 4 nitrogen and oxygen atoms in total. The van der Waals surface area contributed by atoms with Gasteiger partial charge in [0.2, 0.25) is 6.29 Å². The molecule has 5 rings (SSSR count). The third-order valence-corrected chi connectivity index (χ3v) is 7.09. The van der Waals surface area contributed by atoms with E-state index in [4.69, 9.17) is 9.47 Å². The minimum absolute atomic E-state index is 0.177. The number of hydrogen-bond acceptors (Lipinski definition) is 3. The van der Waals surface area contributed by atoms with Gasteiger partial charge in [0.15, 0.2) is 0 Å². The van der Waals surface area contributed by atoms with Crippen LogP contribution in [0.15, 0.2) is 0 Å². The molecule has 5 fully saturated rings. The van der Waals surface area contributed by atoms with E-state index in [2.05, 4.69) is 13.8 Å². The number of piperidine rings is 1. The maximum Gasteiger partial charge on any atom is 0.412 e. The molecule has 25 heavy (non-hydrogen) atoms. The van der Waals surface area contributed by atoms with Crippen LogP contribution in [0.5, 0.6) is 0 Å². The van der Waals surface area contributed by atoms with Gasteiger partial charge in [-0.05, 0) is 81.0 Å². The van der Waals surface area contributed by atoms with E-state index >= 15 is 0 Å². The van der Waals surface area contributed by atoms with Crippen molar-refractivity contribution in [3.8, 4) is 0 Å². The quantitative estimate of drug-likeness (QED) is 0.668. The van der Waals surface area contributed by atoms with E-state index in [0.717, 1.165) is 50.3 Å². The number of likely N-dealkylation sites (tertiary alicyclic amines) is 1. The highest BCUT2D eigenvalue weighted by atomic mass is 16.7. The second kappa shape index (κ2) is 7.09. The Balaban J connectivity index is 1.33.